The third-order valence-corrected chi connectivity index (χ3v) is 4.72. The first kappa shape index (κ1) is 15.7. The minimum absolute atomic E-state index is 0.297. The maximum absolute atomic E-state index is 6.34. The molecule has 3 unspecified atom stereocenters. The van der Waals surface area contributed by atoms with Crippen molar-refractivity contribution in [2.75, 3.05) is 0 Å². The van der Waals surface area contributed by atoms with E-state index in [0.29, 0.717) is 24.5 Å². The number of hydrogen-bond donors (Lipinski definition) is 1. The molecule has 0 amide bonds. The average Bonchev–Trinajstić information content (AvgIpc) is 2.40. The Hall–Kier alpha value is -0.730. The van der Waals surface area contributed by atoms with Crippen molar-refractivity contribution >= 4 is 11.6 Å². The Balaban J connectivity index is 2.17. The lowest BCUT2D eigenvalue weighted by molar-refractivity contribution is 0.0453. The zero-order valence-electron chi connectivity index (χ0n) is 12.7. The van der Waals surface area contributed by atoms with Crippen LogP contribution < -0.4 is 10.5 Å². The van der Waals surface area contributed by atoms with Crippen molar-refractivity contribution in [2.24, 2.45) is 23.5 Å². The van der Waals surface area contributed by atoms with Crippen molar-refractivity contribution in [1.29, 1.82) is 0 Å². The van der Waals surface area contributed by atoms with E-state index in [1.165, 1.54) is 12.8 Å². The van der Waals surface area contributed by atoms with Gasteiger partial charge >= 0.3 is 0 Å². The van der Waals surface area contributed by atoms with E-state index in [1.807, 2.05) is 18.2 Å². The Morgan fingerprint density at radius 3 is 2.75 bits per heavy atom. The predicted molar refractivity (Wildman–Crippen MR) is 85.1 cm³/mol. The second kappa shape index (κ2) is 6.82. The van der Waals surface area contributed by atoms with Gasteiger partial charge in [-0.2, -0.15) is 0 Å². The van der Waals surface area contributed by atoms with Crippen LogP contribution in [0.25, 0.3) is 0 Å². The number of benzene rings is 1. The first-order chi connectivity index (χ1) is 9.51. The largest absolute Gasteiger partial charge is 0.490 e. The molecule has 1 aliphatic rings. The normalized spacial score (nSPS) is 26.8. The van der Waals surface area contributed by atoms with Gasteiger partial charge in [-0.1, -0.05) is 38.8 Å². The summed E-state index contributed by atoms with van der Waals surface area (Å²) < 4.78 is 6.34. The van der Waals surface area contributed by atoms with Gasteiger partial charge in [0.25, 0.3) is 0 Å². The molecule has 112 valence electrons. The lowest BCUT2D eigenvalue weighted by Gasteiger charge is -2.37. The van der Waals surface area contributed by atoms with E-state index in [2.05, 4.69) is 20.8 Å². The van der Waals surface area contributed by atoms with Crippen LogP contribution in [0.5, 0.6) is 5.75 Å². The molecule has 0 spiro atoms. The van der Waals surface area contributed by atoms with Gasteiger partial charge in [0.1, 0.15) is 11.9 Å². The Morgan fingerprint density at radius 2 is 2.10 bits per heavy atom. The summed E-state index contributed by atoms with van der Waals surface area (Å²) in [5.74, 6) is 2.93. The van der Waals surface area contributed by atoms with Crippen LogP contribution in [0.3, 0.4) is 0 Å². The molecular formula is C17H26ClNO. The molecule has 0 aromatic heterocycles. The van der Waals surface area contributed by atoms with E-state index in [-0.39, 0.29) is 0 Å². The number of halogens is 1. The zero-order valence-corrected chi connectivity index (χ0v) is 13.5. The minimum Gasteiger partial charge on any atom is -0.490 e. The van der Waals surface area contributed by atoms with Crippen LogP contribution in [-0.4, -0.2) is 6.10 Å². The molecule has 3 atom stereocenters. The quantitative estimate of drug-likeness (QED) is 0.878. The molecule has 0 heterocycles. The van der Waals surface area contributed by atoms with Crippen molar-refractivity contribution in [1.82, 2.24) is 0 Å². The molecule has 0 radical (unpaired) electrons. The van der Waals surface area contributed by atoms with Crippen molar-refractivity contribution in [3.05, 3.63) is 28.8 Å². The average molecular weight is 296 g/mol. The highest BCUT2D eigenvalue weighted by molar-refractivity contribution is 6.30. The van der Waals surface area contributed by atoms with Crippen molar-refractivity contribution in [2.45, 2.75) is 52.7 Å². The number of hydrogen-bond acceptors (Lipinski definition) is 2. The van der Waals surface area contributed by atoms with Crippen molar-refractivity contribution < 1.29 is 4.74 Å². The highest BCUT2D eigenvalue weighted by Crippen LogP contribution is 2.37. The second-order valence-corrected chi connectivity index (χ2v) is 6.88. The van der Waals surface area contributed by atoms with Gasteiger partial charge in [-0.05, 0) is 48.8 Å². The molecule has 2 nitrogen and oxygen atoms in total. The van der Waals surface area contributed by atoms with Gasteiger partial charge in [0.05, 0.1) is 0 Å². The summed E-state index contributed by atoms with van der Waals surface area (Å²) in [5.41, 5.74) is 6.81. The van der Waals surface area contributed by atoms with E-state index >= 15 is 0 Å². The second-order valence-electron chi connectivity index (χ2n) is 6.44. The van der Waals surface area contributed by atoms with E-state index in [9.17, 15) is 0 Å². The van der Waals surface area contributed by atoms with E-state index < -0.39 is 0 Å². The molecule has 0 aliphatic heterocycles. The highest BCUT2D eigenvalue weighted by Gasteiger charge is 2.32. The Morgan fingerprint density at radius 1 is 1.35 bits per heavy atom. The summed E-state index contributed by atoms with van der Waals surface area (Å²) in [6, 6.07) is 5.75. The molecule has 1 aromatic rings. The zero-order chi connectivity index (χ0) is 14.7. The topological polar surface area (TPSA) is 35.2 Å². The standard InChI is InChI=1S/C17H26ClNO/c1-11(2)15-6-4-12(3)8-17(15)20-16-7-5-14(18)9-13(16)10-19/h5,7,9,11-12,15,17H,4,6,8,10,19H2,1-3H3. The van der Waals surface area contributed by atoms with Gasteiger partial charge < -0.3 is 10.5 Å². The third kappa shape index (κ3) is 3.67. The molecule has 3 heteroatoms. The van der Waals surface area contributed by atoms with Gasteiger partial charge in [0.2, 0.25) is 0 Å². The number of nitrogens with two attached hydrogens (primary N) is 1. The summed E-state index contributed by atoms with van der Waals surface area (Å²) in [4.78, 5) is 0. The van der Waals surface area contributed by atoms with Crippen LogP contribution in [-0.2, 0) is 6.54 Å². The fourth-order valence-electron chi connectivity index (χ4n) is 3.24. The Kier molecular flexibility index (Phi) is 5.34. The van der Waals surface area contributed by atoms with Gasteiger partial charge in [0.15, 0.2) is 0 Å². The first-order valence-corrected chi connectivity index (χ1v) is 8.04. The van der Waals surface area contributed by atoms with E-state index in [4.69, 9.17) is 22.1 Å². The van der Waals surface area contributed by atoms with Gasteiger partial charge in [0, 0.05) is 17.1 Å². The van der Waals surface area contributed by atoms with Crippen molar-refractivity contribution in [3.63, 3.8) is 0 Å². The molecule has 1 aliphatic carbocycles. The van der Waals surface area contributed by atoms with Crippen LogP contribution in [0.15, 0.2) is 18.2 Å². The molecule has 1 fully saturated rings. The van der Waals surface area contributed by atoms with Crippen LogP contribution in [0.1, 0.15) is 45.6 Å². The van der Waals surface area contributed by atoms with Crippen LogP contribution >= 0.6 is 11.6 Å². The maximum Gasteiger partial charge on any atom is 0.124 e. The van der Waals surface area contributed by atoms with E-state index in [1.54, 1.807) is 0 Å². The summed E-state index contributed by atoms with van der Waals surface area (Å²) in [5, 5.41) is 0.718. The molecule has 20 heavy (non-hydrogen) atoms. The lowest BCUT2D eigenvalue weighted by atomic mass is 9.75. The molecule has 1 aromatic carbocycles. The van der Waals surface area contributed by atoms with Crippen molar-refractivity contribution in [3.8, 4) is 5.75 Å². The lowest BCUT2D eigenvalue weighted by Crippen LogP contribution is -2.36. The van der Waals surface area contributed by atoms with Gasteiger partial charge in [-0.3, -0.25) is 0 Å². The van der Waals surface area contributed by atoms with E-state index in [0.717, 1.165) is 28.7 Å². The molecule has 0 bridgehead atoms. The summed E-state index contributed by atoms with van der Waals surface area (Å²) in [7, 11) is 0. The number of ether oxygens (including phenoxy) is 1. The Labute approximate surface area is 127 Å². The fourth-order valence-corrected chi connectivity index (χ4v) is 3.43. The monoisotopic (exact) mass is 295 g/mol. The summed E-state index contributed by atoms with van der Waals surface area (Å²) >= 11 is 6.03. The molecule has 1 saturated carbocycles. The molecule has 0 saturated heterocycles. The van der Waals surface area contributed by atoms with Gasteiger partial charge in [-0.15, -0.1) is 0 Å². The van der Waals surface area contributed by atoms with Crippen LogP contribution in [0, 0.1) is 17.8 Å². The number of rotatable bonds is 4. The maximum atomic E-state index is 6.34. The SMILES string of the molecule is CC1CCC(C(C)C)C(Oc2ccc(Cl)cc2CN)C1. The van der Waals surface area contributed by atoms with Crippen LogP contribution in [0.2, 0.25) is 5.02 Å². The first-order valence-electron chi connectivity index (χ1n) is 7.66. The Bertz CT molecular complexity index is 447. The van der Waals surface area contributed by atoms with Crippen LogP contribution in [0.4, 0.5) is 0 Å². The summed E-state index contributed by atoms with van der Waals surface area (Å²) in [6.07, 6.45) is 4.00. The minimum atomic E-state index is 0.297. The molecule has 2 N–H and O–H groups in total. The van der Waals surface area contributed by atoms with Gasteiger partial charge in [-0.25, -0.2) is 0 Å². The predicted octanol–water partition coefficient (Wildman–Crippen LogP) is 4.64. The highest BCUT2D eigenvalue weighted by atomic mass is 35.5. The fraction of sp³-hybridized carbons (Fsp3) is 0.647. The molecule has 2 rings (SSSR count). The molecular weight excluding hydrogens is 270 g/mol. The smallest absolute Gasteiger partial charge is 0.124 e. The third-order valence-electron chi connectivity index (χ3n) is 4.48. The summed E-state index contributed by atoms with van der Waals surface area (Å²) in [6.45, 7) is 7.37.